The van der Waals surface area contributed by atoms with Gasteiger partial charge in [0.25, 0.3) is 0 Å². The van der Waals surface area contributed by atoms with Gasteiger partial charge in [-0.05, 0) is 73.3 Å². The first-order chi connectivity index (χ1) is 17.0. The molecular formula is C29H33NO5. The molecule has 0 spiro atoms. The molecule has 35 heavy (non-hydrogen) atoms. The number of carboxylic acid groups (broad SMARTS) is 1. The van der Waals surface area contributed by atoms with Crippen LogP contribution in [0.5, 0.6) is 5.75 Å². The lowest BCUT2D eigenvalue weighted by Crippen LogP contribution is -2.62. The van der Waals surface area contributed by atoms with E-state index in [0.717, 1.165) is 37.0 Å². The van der Waals surface area contributed by atoms with E-state index in [1.165, 1.54) is 24.0 Å². The van der Waals surface area contributed by atoms with Crippen LogP contribution in [0.15, 0.2) is 48.5 Å². The van der Waals surface area contributed by atoms with Gasteiger partial charge in [-0.25, -0.2) is 4.79 Å². The Hall–Kier alpha value is -3.02. The number of carbonyl (C=O) groups excluding carboxylic acids is 1. The van der Waals surface area contributed by atoms with E-state index in [1.54, 1.807) is 0 Å². The first kappa shape index (κ1) is 22.4. The maximum absolute atomic E-state index is 13.2. The fourth-order valence-corrected chi connectivity index (χ4v) is 6.90. The number of carboxylic acids is 1. The van der Waals surface area contributed by atoms with Gasteiger partial charge < -0.3 is 19.5 Å². The zero-order chi connectivity index (χ0) is 24.0. The molecule has 1 N–H and O–H groups in total. The predicted octanol–water partition coefficient (Wildman–Crippen LogP) is 5.33. The molecular weight excluding hydrogens is 442 g/mol. The second kappa shape index (κ2) is 8.58. The number of aliphatic carboxylic acids is 1. The molecule has 2 aromatic carbocycles. The largest absolute Gasteiger partial charge is 0.492 e. The normalized spacial score (nSPS) is 27.8. The number of hydrogen-bond donors (Lipinski definition) is 1. The van der Waals surface area contributed by atoms with Crippen LogP contribution >= 0.6 is 0 Å². The van der Waals surface area contributed by atoms with E-state index in [4.69, 9.17) is 9.47 Å². The van der Waals surface area contributed by atoms with Gasteiger partial charge in [0, 0.05) is 18.0 Å². The number of amides is 1. The van der Waals surface area contributed by atoms with Crippen molar-refractivity contribution in [1.82, 2.24) is 4.90 Å². The summed E-state index contributed by atoms with van der Waals surface area (Å²) >= 11 is 0. The molecule has 0 aromatic heterocycles. The van der Waals surface area contributed by atoms with Crippen LogP contribution in [-0.4, -0.2) is 41.3 Å². The monoisotopic (exact) mass is 475 g/mol. The number of nitrogens with zero attached hydrogens (tertiary/aromatic N) is 1. The topological polar surface area (TPSA) is 76.1 Å². The van der Waals surface area contributed by atoms with Crippen LogP contribution < -0.4 is 4.74 Å². The quantitative estimate of drug-likeness (QED) is 0.612. The van der Waals surface area contributed by atoms with Crippen molar-refractivity contribution >= 4 is 12.1 Å². The molecule has 3 atom stereocenters. The van der Waals surface area contributed by atoms with Crippen molar-refractivity contribution in [3.05, 3.63) is 65.2 Å². The number of likely N-dealkylation sites (tertiary alicyclic amines) is 1. The Kier molecular flexibility index (Phi) is 5.50. The fraction of sp³-hybridized carbons (Fsp3) is 0.517. The maximum Gasteiger partial charge on any atom is 0.410 e. The maximum atomic E-state index is 13.2. The third kappa shape index (κ3) is 3.87. The lowest BCUT2D eigenvalue weighted by atomic mass is 9.52. The summed E-state index contributed by atoms with van der Waals surface area (Å²) in [5.41, 5.74) is 3.03. The second-order valence-corrected chi connectivity index (χ2v) is 11.0. The van der Waals surface area contributed by atoms with Gasteiger partial charge in [0.1, 0.15) is 24.4 Å². The van der Waals surface area contributed by atoms with Gasteiger partial charge in [-0.3, -0.25) is 4.79 Å². The fourth-order valence-electron chi connectivity index (χ4n) is 6.90. The van der Waals surface area contributed by atoms with Crippen molar-refractivity contribution in [3.63, 3.8) is 0 Å². The van der Waals surface area contributed by atoms with Crippen molar-refractivity contribution in [2.45, 2.75) is 69.4 Å². The molecule has 184 valence electrons. The average molecular weight is 476 g/mol. The number of hydrogen-bond acceptors (Lipinski definition) is 4. The molecule has 3 aliphatic carbocycles. The van der Waals surface area contributed by atoms with Crippen LogP contribution in [0.3, 0.4) is 0 Å². The Morgan fingerprint density at radius 3 is 2.63 bits per heavy atom. The smallest absolute Gasteiger partial charge is 0.410 e. The van der Waals surface area contributed by atoms with Crippen molar-refractivity contribution in [2.24, 2.45) is 11.3 Å². The molecule has 1 aliphatic heterocycles. The summed E-state index contributed by atoms with van der Waals surface area (Å²) in [5, 5.41) is 9.49. The van der Waals surface area contributed by atoms with Gasteiger partial charge in [0.15, 0.2) is 0 Å². The molecule has 0 radical (unpaired) electrons. The SMILES string of the molecule is O=C(OCc1ccccc1)N1CC[C@]23CCCC[C@H]2[C@H]1Cc1ccc(OCC2(C(=O)O)CC2)cc13. The lowest BCUT2D eigenvalue weighted by molar-refractivity contribution is -0.144. The van der Waals surface area contributed by atoms with Crippen molar-refractivity contribution in [2.75, 3.05) is 13.2 Å². The van der Waals surface area contributed by atoms with E-state index in [9.17, 15) is 14.7 Å². The van der Waals surface area contributed by atoms with Crippen LogP contribution in [0.25, 0.3) is 0 Å². The molecule has 6 heteroatoms. The van der Waals surface area contributed by atoms with Gasteiger partial charge >= 0.3 is 12.1 Å². The Labute approximate surface area is 206 Å². The molecule has 2 bridgehead atoms. The van der Waals surface area contributed by atoms with E-state index in [-0.39, 0.29) is 24.2 Å². The molecule has 1 saturated heterocycles. The minimum atomic E-state index is -0.754. The summed E-state index contributed by atoms with van der Waals surface area (Å²) in [5.74, 6) is 0.444. The first-order valence-electron chi connectivity index (χ1n) is 13.0. The van der Waals surface area contributed by atoms with Crippen LogP contribution in [-0.2, 0) is 28.0 Å². The van der Waals surface area contributed by atoms with Crippen LogP contribution in [0, 0.1) is 11.3 Å². The van der Waals surface area contributed by atoms with Crippen LogP contribution in [0.4, 0.5) is 4.79 Å². The molecule has 6 nitrogen and oxygen atoms in total. The summed E-state index contributed by atoms with van der Waals surface area (Å²) < 4.78 is 11.8. The molecule has 2 aromatic rings. The number of benzene rings is 2. The molecule has 1 amide bonds. The number of fused-ring (bicyclic) bond motifs is 1. The van der Waals surface area contributed by atoms with Gasteiger partial charge in [-0.1, -0.05) is 49.2 Å². The summed E-state index contributed by atoms with van der Waals surface area (Å²) in [7, 11) is 0. The Morgan fingerprint density at radius 1 is 1.03 bits per heavy atom. The molecule has 0 unspecified atom stereocenters. The van der Waals surface area contributed by atoms with Gasteiger partial charge in [-0.2, -0.15) is 0 Å². The van der Waals surface area contributed by atoms with Crippen molar-refractivity contribution < 1.29 is 24.2 Å². The molecule has 3 fully saturated rings. The average Bonchev–Trinajstić information content (AvgIpc) is 3.68. The highest BCUT2D eigenvalue weighted by Crippen LogP contribution is 2.56. The third-order valence-corrected chi connectivity index (χ3v) is 9.07. The van der Waals surface area contributed by atoms with E-state index in [1.807, 2.05) is 41.3 Å². The molecule has 6 rings (SSSR count). The summed E-state index contributed by atoms with van der Waals surface area (Å²) in [6.07, 6.45) is 7.61. The highest BCUT2D eigenvalue weighted by atomic mass is 16.6. The van der Waals surface area contributed by atoms with E-state index in [0.29, 0.717) is 31.9 Å². The Balaban J connectivity index is 1.23. The third-order valence-electron chi connectivity index (χ3n) is 9.07. The van der Waals surface area contributed by atoms with Crippen LogP contribution in [0.2, 0.25) is 0 Å². The summed E-state index contributed by atoms with van der Waals surface area (Å²) in [4.78, 5) is 26.7. The van der Waals surface area contributed by atoms with Crippen molar-refractivity contribution in [1.29, 1.82) is 0 Å². The van der Waals surface area contributed by atoms with E-state index in [2.05, 4.69) is 12.1 Å². The molecule has 2 saturated carbocycles. The van der Waals surface area contributed by atoms with Gasteiger partial charge in [0.2, 0.25) is 0 Å². The van der Waals surface area contributed by atoms with Crippen molar-refractivity contribution in [3.8, 4) is 5.75 Å². The van der Waals surface area contributed by atoms with Gasteiger partial charge in [-0.15, -0.1) is 0 Å². The van der Waals surface area contributed by atoms with E-state index >= 15 is 0 Å². The lowest BCUT2D eigenvalue weighted by Gasteiger charge is -2.58. The standard InChI is InChI=1S/C29H33NO5/c31-26(32)28(12-13-28)19-35-22-10-9-21-16-25-23-8-4-5-11-29(23,24(21)17-22)14-15-30(25)27(33)34-18-20-6-2-1-3-7-20/h1-3,6-7,9-10,17,23,25H,4-5,8,11-16,18-19H2,(H,31,32)/t23-,25+,29+/m0/s1. The first-order valence-corrected chi connectivity index (χ1v) is 13.0. The minimum Gasteiger partial charge on any atom is -0.492 e. The summed E-state index contributed by atoms with van der Waals surface area (Å²) in [6, 6.07) is 16.3. The minimum absolute atomic E-state index is 0.0656. The predicted molar refractivity (Wildman–Crippen MR) is 130 cm³/mol. The highest BCUT2D eigenvalue weighted by molar-refractivity contribution is 5.78. The number of rotatable bonds is 6. The second-order valence-electron chi connectivity index (χ2n) is 11.0. The zero-order valence-corrected chi connectivity index (χ0v) is 20.1. The number of carbonyl (C=O) groups is 2. The molecule has 4 aliphatic rings. The zero-order valence-electron chi connectivity index (χ0n) is 20.1. The van der Waals surface area contributed by atoms with E-state index < -0.39 is 11.4 Å². The number of piperidine rings is 1. The molecule has 1 heterocycles. The van der Waals surface area contributed by atoms with Gasteiger partial charge in [0.05, 0.1) is 0 Å². The Morgan fingerprint density at radius 2 is 1.86 bits per heavy atom. The van der Waals surface area contributed by atoms with Crippen LogP contribution in [0.1, 0.15) is 61.6 Å². The highest BCUT2D eigenvalue weighted by Gasteiger charge is 2.55. The number of ether oxygens (including phenoxy) is 2. The summed E-state index contributed by atoms with van der Waals surface area (Å²) in [6.45, 7) is 1.25. The Bertz CT molecular complexity index is 1130.